The Morgan fingerprint density at radius 1 is 1.24 bits per heavy atom. The van der Waals surface area contributed by atoms with Crippen molar-refractivity contribution in [3.05, 3.63) is 65.6 Å². The molecule has 2 heterocycles. The molecule has 0 unspecified atom stereocenters. The van der Waals surface area contributed by atoms with Gasteiger partial charge in [0.05, 0.1) is 18.6 Å². The van der Waals surface area contributed by atoms with E-state index in [1.165, 1.54) is 36.0 Å². The molecule has 0 bridgehead atoms. The maximum absolute atomic E-state index is 13.0. The number of ketones is 1. The molecule has 0 atom stereocenters. The molecule has 3 rings (SSSR count). The first-order valence-corrected chi connectivity index (χ1v) is 8.90. The van der Waals surface area contributed by atoms with E-state index in [2.05, 4.69) is 10.2 Å². The average Bonchev–Trinajstić information content (AvgIpc) is 3.24. The van der Waals surface area contributed by atoms with Crippen LogP contribution in [0.5, 0.6) is 0 Å². The van der Waals surface area contributed by atoms with Crippen LogP contribution in [0.1, 0.15) is 41.7 Å². The SMILES string of the molecule is CC(C)c1nnc(SCC(=O)c2ccc(F)cc2)n1Cc1ccco1. The smallest absolute Gasteiger partial charge is 0.192 e. The van der Waals surface area contributed by atoms with E-state index in [-0.39, 0.29) is 23.3 Å². The molecule has 0 amide bonds. The van der Waals surface area contributed by atoms with E-state index in [9.17, 15) is 9.18 Å². The van der Waals surface area contributed by atoms with E-state index in [4.69, 9.17) is 4.42 Å². The number of aromatic nitrogens is 3. The lowest BCUT2D eigenvalue weighted by Gasteiger charge is -2.10. The molecule has 7 heteroatoms. The summed E-state index contributed by atoms with van der Waals surface area (Å²) in [5.41, 5.74) is 0.482. The molecule has 0 aliphatic carbocycles. The summed E-state index contributed by atoms with van der Waals surface area (Å²) < 4.78 is 20.3. The molecule has 0 fully saturated rings. The Morgan fingerprint density at radius 3 is 2.64 bits per heavy atom. The number of halogens is 1. The van der Waals surface area contributed by atoms with Crippen LogP contribution in [-0.2, 0) is 6.54 Å². The highest BCUT2D eigenvalue weighted by Gasteiger charge is 2.18. The number of carbonyl (C=O) groups excluding carboxylic acids is 1. The second kappa shape index (κ2) is 7.65. The molecule has 2 aromatic heterocycles. The van der Waals surface area contributed by atoms with Crippen molar-refractivity contribution in [2.75, 3.05) is 5.75 Å². The number of furan rings is 1. The molecule has 0 radical (unpaired) electrons. The van der Waals surface area contributed by atoms with Crippen LogP contribution < -0.4 is 0 Å². The van der Waals surface area contributed by atoms with Gasteiger partial charge in [0.2, 0.25) is 0 Å². The highest BCUT2D eigenvalue weighted by atomic mass is 32.2. The van der Waals surface area contributed by atoms with Crippen molar-refractivity contribution in [1.82, 2.24) is 14.8 Å². The molecule has 0 aliphatic heterocycles. The molecule has 130 valence electrons. The standard InChI is InChI=1S/C18H18FN3O2S/c1-12(2)17-20-21-18(22(17)10-15-4-3-9-24-15)25-11-16(23)13-5-7-14(19)8-6-13/h3-9,12H,10-11H2,1-2H3. The van der Waals surface area contributed by atoms with Gasteiger partial charge in [-0.15, -0.1) is 10.2 Å². The quantitative estimate of drug-likeness (QED) is 0.468. The van der Waals surface area contributed by atoms with Gasteiger partial charge >= 0.3 is 0 Å². The van der Waals surface area contributed by atoms with E-state index in [1.807, 2.05) is 30.5 Å². The molecule has 0 spiro atoms. The molecule has 0 aliphatic rings. The molecular weight excluding hydrogens is 341 g/mol. The lowest BCUT2D eigenvalue weighted by Crippen LogP contribution is -2.09. The van der Waals surface area contributed by atoms with Gasteiger partial charge in [0.15, 0.2) is 10.9 Å². The summed E-state index contributed by atoms with van der Waals surface area (Å²) in [5.74, 6) is 1.61. The van der Waals surface area contributed by atoms with Crippen LogP contribution in [-0.4, -0.2) is 26.3 Å². The largest absolute Gasteiger partial charge is 0.467 e. The maximum atomic E-state index is 13.0. The second-order valence-electron chi connectivity index (χ2n) is 5.88. The number of hydrogen-bond donors (Lipinski definition) is 0. The average molecular weight is 359 g/mol. The van der Waals surface area contributed by atoms with Gasteiger partial charge in [0, 0.05) is 11.5 Å². The van der Waals surface area contributed by atoms with Crippen LogP contribution in [0.2, 0.25) is 0 Å². The van der Waals surface area contributed by atoms with Crippen molar-refractivity contribution in [1.29, 1.82) is 0 Å². The Bertz CT molecular complexity index is 842. The fourth-order valence-electron chi connectivity index (χ4n) is 2.39. The molecule has 0 saturated carbocycles. The van der Waals surface area contributed by atoms with Crippen LogP contribution in [0.4, 0.5) is 4.39 Å². The number of thioether (sulfide) groups is 1. The lowest BCUT2D eigenvalue weighted by molar-refractivity contribution is 0.102. The number of Topliss-reactive ketones (excluding diaryl/α,β-unsaturated/α-hetero) is 1. The molecule has 0 N–H and O–H groups in total. The molecule has 3 aromatic rings. The van der Waals surface area contributed by atoms with Gasteiger partial charge in [0.25, 0.3) is 0 Å². The fourth-order valence-corrected chi connectivity index (χ4v) is 3.23. The maximum Gasteiger partial charge on any atom is 0.192 e. The third-order valence-electron chi connectivity index (χ3n) is 3.65. The third-order valence-corrected chi connectivity index (χ3v) is 4.62. The minimum absolute atomic E-state index is 0.0800. The van der Waals surface area contributed by atoms with Crippen LogP contribution in [0.3, 0.4) is 0 Å². The van der Waals surface area contributed by atoms with Crippen LogP contribution in [0.15, 0.2) is 52.2 Å². The number of benzene rings is 1. The van der Waals surface area contributed by atoms with Crippen molar-refractivity contribution in [2.24, 2.45) is 0 Å². The number of hydrogen-bond acceptors (Lipinski definition) is 5. The van der Waals surface area contributed by atoms with Gasteiger partial charge in [-0.1, -0.05) is 25.6 Å². The molecule has 5 nitrogen and oxygen atoms in total. The summed E-state index contributed by atoms with van der Waals surface area (Å²) in [6.45, 7) is 4.60. The van der Waals surface area contributed by atoms with E-state index in [0.29, 0.717) is 17.3 Å². The highest BCUT2D eigenvalue weighted by molar-refractivity contribution is 7.99. The zero-order valence-corrected chi connectivity index (χ0v) is 14.8. The first-order chi connectivity index (χ1) is 12.0. The van der Waals surface area contributed by atoms with Crippen molar-refractivity contribution < 1.29 is 13.6 Å². The van der Waals surface area contributed by atoms with Gasteiger partial charge in [-0.25, -0.2) is 4.39 Å². The monoisotopic (exact) mass is 359 g/mol. The Labute approximate surface area is 149 Å². The summed E-state index contributed by atoms with van der Waals surface area (Å²) in [6.07, 6.45) is 1.62. The summed E-state index contributed by atoms with van der Waals surface area (Å²) in [5, 5.41) is 9.13. The van der Waals surface area contributed by atoms with Crippen molar-refractivity contribution >= 4 is 17.5 Å². The van der Waals surface area contributed by atoms with Gasteiger partial charge in [-0.2, -0.15) is 0 Å². The van der Waals surface area contributed by atoms with E-state index >= 15 is 0 Å². The fraction of sp³-hybridized carbons (Fsp3) is 0.278. The number of rotatable bonds is 7. The van der Waals surface area contributed by atoms with Gasteiger partial charge < -0.3 is 4.42 Å². The topological polar surface area (TPSA) is 60.9 Å². The second-order valence-corrected chi connectivity index (χ2v) is 6.82. The zero-order chi connectivity index (χ0) is 17.8. The van der Waals surface area contributed by atoms with Gasteiger partial charge in [-0.3, -0.25) is 9.36 Å². The van der Waals surface area contributed by atoms with E-state index in [1.54, 1.807) is 6.26 Å². The van der Waals surface area contributed by atoms with Crippen LogP contribution >= 0.6 is 11.8 Å². The zero-order valence-electron chi connectivity index (χ0n) is 14.0. The summed E-state index contributed by atoms with van der Waals surface area (Å²) in [4.78, 5) is 12.3. The molecular formula is C18H18FN3O2S. The summed E-state index contributed by atoms with van der Waals surface area (Å²) in [7, 11) is 0. The normalized spacial score (nSPS) is 11.2. The minimum atomic E-state index is -0.357. The Kier molecular flexibility index (Phi) is 5.33. The van der Waals surface area contributed by atoms with Crippen molar-refractivity contribution in [2.45, 2.75) is 31.5 Å². The van der Waals surface area contributed by atoms with Crippen molar-refractivity contribution in [3.8, 4) is 0 Å². The summed E-state index contributed by atoms with van der Waals surface area (Å²) >= 11 is 1.32. The van der Waals surface area contributed by atoms with Crippen molar-refractivity contribution in [3.63, 3.8) is 0 Å². The van der Waals surface area contributed by atoms with Gasteiger partial charge in [0.1, 0.15) is 17.4 Å². The first kappa shape index (κ1) is 17.4. The van der Waals surface area contributed by atoms with E-state index < -0.39 is 0 Å². The number of carbonyl (C=O) groups is 1. The highest BCUT2D eigenvalue weighted by Crippen LogP contribution is 2.23. The van der Waals surface area contributed by atoms with Gasteiger partial charge in [-0.05, 0) is 36.4 Å². The number of nitrogens with zero attached hydrogens (tertiary/aromatic N) is 3. The predicted octanol–water partition coefficient (Wildman–Crippen LogP) is 4.16. The third kappa shape index (κ3) is 4.17. The predicted molar refractivity (Wildman–Crippen MR) is 93.4 cm³/mol. The lowest BCUT2D eigenvalue weighted by atomic mass is 10.1. The van der Waals surface area contributed by atoms with E-state index in [0.717, 1.165) is 11.6 Å². The summed E-state index contributed by atoms with van der Waals surface area (Å²) in [6, 6.07) is 9.28. The van der Waals surface area contributed by atoms with Crippen LogP contribution in [0, 0.1) is 5.82 Å². The minimum Gasteiger partial charge on any atom is -0.467 e. The van der Waals surface area contributed by atoms with Crippen LogP contribution in [0.25, 0.3) is 0 Å². The molecule has 25 heavy (non-hydrogen) atoms. The molecule has 1 aromatic carbocycles. The Hall–Kier alpha value is -2.41. The Morgan fingerprint density at radius 2 is 2.00 bits per heavy atom. The Balaban J connectivity index is 1.75. The first-order valence-electron chi connectivity index (χ1n) is 7.91. The molecule has 0 saturated heterocycles.